The average Bonchev–Trinajstić information content (AvgIpc) is 2.83. The molecule has 0 saturated heterocycles. The predicted octanol–water partition coefficient (Wildman–Crippen LogP) is 2.69. The fourth-order valence-corrected chi connectivity index (χ4v) is 3.29. The van der Waals surface area contributed by atoms with E-state index in [1.807, 2.05) is 24.3 Å². The molecule has 0 unspecified atom stereocenters. The number of benzene rings is 1. The third-order valence-electron chi connectivity index (χ3n) is 3.25. The molecular formula is C14H9N3O2S. The number of thiophene rings is 1. The van der Waals surface area contributed by atoms with Crippen LogP contribution in [-0.4, -0.2) is 22.1 Å². The Hall–Kier alpha value is -2.47. The molecule has 0 saturated carbocycles. The summed E-state index contributed by atoms with van der Waals surface area (Å²) in [6, 6.07) is 7.75. The molecule has 4 rings (SSSR count). The van der Waals surface area contributed by atoms with E-state index in [0.717, 1.165) is 26.9 Å². The second-order valence-corrected chi connectivity index (χ2v) is 5.41. The molecule has 3 aromatic heterocycles. The molecule has 0 fully saturated rings. The molecule has 98 valence electrons. The van der Waals surface area contributed by atoms with Gasteiger partial charge in [0.1, 0.15) is 15.3 Å². The number of rotatable bonds is 1. The smallest absolute Gasteiger partial charge is 0.268 e. The van der Waals surface area contributed by atoms with E-state index in [-0.39, 0.29) is 5.56 Å². The van der Waals surface area contributed by atoms with Crippen molar-refractivity contribution < 1.29 is 4.74 Å². The highest BCUT2D eigenvalue weighted by atomic mass is 32.1. The SMILES string of the molecule is COc1ccc2cc3c(nc2c1)sc1c(=O)[nH]cnc13. The van der Waals surface area contributed by atoms with E-state index in [1.165, 1.54) is 17.7 Å². The van der Waals surface area contributed by atoms with Gasteiger partial charge < -0.3 is 9.72 Å². The monoisotopic (exact) mass is 283 g/mol. The molecule has 0 amide bonds. The number of fused-ring (bicyclic) bond motifs is 4. The lowest BCUT2D eigenvalue weighted by Crippen LogP contribution is -2.03. The Morgan fingerprint density at radius 1 is 1.30 bits per heavy atom. The van der Waals surface area contributed by atoms with Crippen molar-refractivity contribution in [2.75, 3.05) is 7.11 Å². The molecule has 0 bridgehead atoms. The summed E-state index contributed by atoms with van der Waals surface area (Å²) >= 11 is 1.36. The minimum atomic E-state index is -0.125. The maximum absolute atomic E-state index is 11.8. The molecule has 0 aliphatic carbocycles. The quantitative estimate of drug-likeness (QED) is 0.583. The summed E-state index contributed by atoms with van der Waals surface area (Å²) in [5.74, 6) is 0.765. The van der Waals surface area contributed by atoms with Gasteiger partial charge in [0.15, 0.2) is 0 Å². The first-order valence-corrected chi connectivity index (χ1v) is 6.82. The molecule has 0 spiro atoms. The van der Waals surface area contributed by atoms with Crippen molar-refractivity contribution in [2.45, 2.75) is 0 Å². The molecule has 5 nitrogen and oxygen atoms in total. The average molecular weight is 283 g/mol. The first-order valence-electron chi connectivity index (χ1n) is 6.01. The molecule has 1 N–H and O–H groups in total. The van der Waals surface area contributed by atoms with Crippen LogP contribution < -0.4 is 10.3 Å². The Labute approximate surface area is 116 Å². The Kier molecular flexibility index (Phi) is 2.28. The Morgan fingerprint density at radius 3 is 3.05 bits per heavy atom. The predicted molar refractivity (Wildman–Crippen MR) is 79.6 cm³/mol. The maximum Gasteiger partial charge on any atom is 0.268 e. The van der Waals surface area contributed by atoms with Gasteiger partial charge in [0, 0.05) is 16.8 Å². The number of hydrogen-bond donors (Lipinski definition) is 1. The van der Waals surface area contributed by atoms with Gasteiger partial charge in [-0.3, -0.25) is 4.79 Å². The summed E-state index contributed by atoms with van der Waals surface area (Å²) in [6.07, 6.45) is 1.43. The normalized spacial score (nSPS) is 11.4. The zero-order valence-corrected chi connectivity index (χ0v) is 11.3. The highest BCUT2D eigenvalue weighted by Gasteiger charge is 2.11. The first-order chi connectivity index (χ1) is 9.76. The molecule has 6 heteroatoms. The molecule has 20 heavy (non-hydrogen) atoms. The Morgan fingerprint density at radius 2 is 2.20 bits per heavy atom. The van der Waals surface area contributed by atoms with E-state index in [0.29, 0.717) is 10.2 Å². The van der Waals surface area contributed by atoms with Crippen LogP contribution in [0.15, 0.2) is 35.4 Å². The molecule has 0 aliphatic heterocycles. The number of hydrogen-bond acceptors (Lipinski definition) is 5. The van der Waals surface area contributed by atoms with Gasteiger partial charge >= 0.3 is 0 Å². The number of pyridine rings is 1. The molecule has 0 atom stereocenters. The van der Waals surface area contributed by atoms with E-state index in [4.69, 9.17) is 4.74 Å². The Bertz CT molecular complexity index is 1020. The van der Waals surface area contributed by atoms with Crippen molar-refractivity contribution in [2.24, 2.45) is 0 Å². The fourth-order valence-electron chi connectivity index (χ4n) is 2.27. The first kappa shape index (κ1) is 11.4. The molecule has 0 radical (unpaired) electrons. The van der Waals surface area contributed by atoms with Gasteiger partial charge in [0.25, 0.3) is 5.56 Å². The number of ether oxygens (including phenoxy) is 1. The zero-order chi connectivity index (χ0) is 13.7. The van der Waals surface area contributed by atoms with Crippen molar-refractivity contribution in [3.05, 3.63) is 40.9 Å². The number of nitrogens with zero attached hydrogens (tertiary/aromatic N) is 2. The van der Waals surface area contributed by atoms with Gasteiger partial charge in [0.05, 0.1) is 24.5 Å². The van der Waals surface area contributed by atoms with Gasteiger partial charge in [-0.05, 0) is 18.2 Å². The fraction of sp³-hybridized carbons (Fsp3) is 0.0714. The highest BCUT2D eigenvalue weighted by molar-refractivity contribution is 7.25. The number of methoxy groups -OCH3 is 1. The van der Waals surface area contributed by atoms with Gasteiger partial charge in [-0.2, -0.15) is 0 Å². The van der Waals surface area contributed by atoms with Crippen LogP contribution in [0.25, 0.3) is 31.3 Å². The summed E-state index contributed by atoms with van der Waals surface area (Å²) in [7, 11) is 1.63. The van der Waals surface area contributed by atoms with Crippen LogP contribution in [0.4, 0.5) is 0 Å². The van der Waals surface area contributed by atoms with Crippen LogP contribution in [0.5, 0.6) is 5.75 Å². The molecular weight excluding hydrogens is 274 g/mol. The van der Waals surface area contributed by atoms with Crippen molar-refractivity contribution in [1.82, 2.24) is 15.0 Å². The molecule has 1 aromatic carbocycles. The van der Waals surface area contributed by atoms with Crippen molar-refractivity contribution in [1.29, 1.82) is 0 Å². The standard InChI is InChI=1S/C14H9N3O2S/c1-19-8-3-2-7-4-9-11-12(13(18)16-6-15-11)20-14(9)17-10(7)5-8/h2-6H,1H3,(H,15,16,18). The second kappa shape index (κ2) is 4.01. The van der Waals surface area contributed by atoms with Crippen LogP contribution in [0, 0.1) is 0 Å². The van der Waals surface area contributed by atoms with E-state index >= 15 is 0 Å². The summed E-state index contributed by atoms with van der Waals surface area (Å²) in [4.78, 5) is 24.1. The summed E-state index contributed by atoms with van der Waals surface area (Å²) in [5.41, 5.74) is 1.43. The third-order valence-corrected chi connectivity index (χ3v) is 4.34. The largest absolute Gasteiger partial charge is 0.497 e. The van der Waals surface area contributed by atoms with Crippen LogP contribution in [0.1, 0.15) is 0 Å². The van der Waals surface area contributed by atoms with E-state index in [9.17, 15) is 4.79 Å². The van der Waals surface area contributed by atoms with Crippen LogP contribution in [-0.2, 0) is 0 Å². The molecule has 3 heterocycles. The summed E-state index contributed by atoms with van der Waals surface area (Å²) in [5, 5.41) is 1.91. The highest BCUT2D eigenvalue weighted by Crippen LogP contribution is 2.32. The van der Waals surface area contributed by atoms with Crippen molar-refractivity contribution in [3.63, 3.8) is 0 Å². The number of aromatic nitrogens is 3. The lowest BCUT2D eigenvalue weighted by molar-refractivity contribution is 0.415. The third kappa shape index (κ3) is 1.51. The minimum absolute atomic E-state index is 0.125. The van der Waals surface area contributed by atoms with Crippen molar-refractivity contribution in [3.8, 4) is 5.75 Å². The lowest BCUT2D eigenvalue weighted by atomic mass is 10.2. The topological polar surface area (TPSA) is 67.9 Å². The maximum atomic E-state index is 11.8. The van der Waals surface area contributed by atoms with E-state index in [2.05, 4.69) is 15.0 Å². The summed E-state index contributed by atoms with van der Waals surface area (Å²) < 4.78 is 5.82. The van der Waals surface area contributed by atoms with Gasteiger partial charge in [-0.15, -0.1) is 11.3 Å². The van der Waals surface area contributed by atoms with Gasteiger partial charge in [0.2, 0.25) is 0 Å². The van der Waals surface area contributed by atoms with Crippen molar-refractivity contribution >= 4 is 42.7 Å². The van der Waals surface area contributed by atoms with Gasteiger partial charge in [-0.1, -0.05) is 0 Å². The van der Waals surface area contributed by atoms with E-state index in [1.54, 1.807) is 7.11 Å². The van der Waals surface area contributed by atoms with Crippen LogP contribution >= 0.6 is 11.3 Å². The van der Waals surface area contributed by atoms with Crippen LogP contribution in [0.3, 0.4) is 0 Å². The number of H-pyrrole nitrogens is 1. The van der Waals surface area contributed by atoms with Crippen LogP contribution in [0.2, 0.25) is 0 Å². The lowest BCUT2D eigenvalue weighted by Gasteiger charge is -2.01. The minimum Gasteiger partial charge on any atom is -0.497 e. The van der Waals surface area contributed by atoms with Gasteiger partial charge in [-0.25, -0.2) is 9.97 Å². The Balaban J connectivity index is 2.18. The summed E-state index contributed by atoms with van der Waals surface area (Å²) in [6.45, 7) is 0. The second-order valence-electron chi connectivity index (χ2n) is 4.41. The molecule has 0 aliphatic rings. The molecule has 4 aromatic rings. The number of aromatic amines is 1. The number of nitrogens with one attached hydrogen (secondary N) is 1. The zero-order valence-electron chi connectivity index (χ0n) is 10.5. The van der Waals surface area contributed by atoms with E-state index < -0.39 is 0 Å².